The van der Waals surface area contributed by atoms with Crippen molar-refractivity contribution in [3.05, 3.63) is 23.8 Å². The number of hydrogen-bond acceptors (Lipinski definition) is 6. The molecular formula is C24H33FO6. The quantitative estimate of drug-likeness (QED) is 0.575. The standard InChI is InChI=1S/C24H33FO6/c1-20(2)30-19-10-16-15-6-5-13-9-14(27)7-8-21(13,3)23(15,25)17(28)11-22(16,4)24(19,31-20)18(29)12-26/h7-9,14-17,19,26-28H,5-6,10-12H2,1-4H3/t14?,15-,16-,17-,19+,21-,22-,23?,24+/m0/s1. The second-order valence-corrected chi connectivity index (χ2v) is 11.1. The highest BCUT2D eigenvalue weighted by Crippen LogP contribution is 2.72. The van der Waals surface area contributed by atoms with Crippen LogP contribution >= 0.6 is 0 Å². The second-order valence-electron chi connectivity index (χ2n) is 11.1. The largest absolute Gasteiger partial charge is 0.390 e. The maximum atomic E-state index is 17.2. The van der Waals surface area contributed by atoms with E-state index in [4.69, 9.17) is 9.47 Å². The van der Waals surface area contributed by atoms with Crippen molar-refractivity contribution in [1.29, 1.82) is 0 Å². The van der Waals surface area contributed by atoms with Crippen molar-refractivity contribution >= 4 is 5.78 Å². The Balaban J connectivity index is 1.63. The van der Waals surface area contributed by atoms with E-state index in [9.17, 15) is 20.1 Å². The highest BCUT2D eigenvalue weighted by atomic mass is 19.1. The monoisotopic (exact) mass is 436 g/mol. The number of carbonyl (C=O) groups excluding carboxylic acids is 1. The number of hydrogen-bond donors (Lipinski definition) is 3. The minimum absolute atomic E-state index is 0.0333. The number of ether oxygens (including phenoxy) is 2. The Morgan fingerprint density at radius 2 is 1.94 bits per heavy atom. The minimum atomic E-state index is -1.94. The molecule has 3 saturated carbocycles. The van der Waals surface area contributed by atoms with Crippen molar-refractivity contribution in [2.75, 3.05) is 6.61 Å². The summed E-state index contributed by atoms with van der Waals surface area (Å²) in [6, 6.07) is 0. The molecule has 6 nitrogen and oxygen atoms in total. The summed E-state index contributed by atoms with van der Waals surface area (Å²) in [4.78, 5) is 13.2. The number of halogens is 1. The lowest BCUT2D eigenvalue weighted by Crippen LogP contribution is -2.70. The van der Waals surface area contributed by atoms with Crippen molar-refractivity contribution < 1.29 is 34.0 Å². The van der Waals surface area contributed by atoms with Crippen LogP contribution in [0.2, 0.25) is 0 Å². The highest BCUT2D eigenvalue weighted by molar-refractivity contribution is 5.91. The molecule has 31 heavy (non-hydrogen) atoms. The number of rotatable bonds is 2. The average molecular weight is 437 g/mol. The summed E-state index contributed by atoms with van der Waals surface area (Å²) in [6.07, 6.45) is 3.93. The first-order valence-electron chi connectivity index (χ1n) is 11.3. The van der Waals surface area contributed by atoms with Crippen molar-refractivity contribution in [2.24, 2.45) is 22.7 Å². The first-order chi connectivity index (χ1) is 14.4. The minimum Gasteiger partial charge on any atom is -0.390 e. The third kappa shape index (κ3) is 2.37. The van der Waals surface area contributed by atoms with E-state index < -0.39 is 64.5 Å². The fourth-order valence-electron chi connectivity index (χ4n) is 8.04. The Morgan fingerprint density at radius 3 is 2.61 bits per heavy atom. The van der Waals surface area contributed by atoms with Crippen LogP contribution < -0.4 is 0 Å². The van der Waals surface area contributed by atoms with Crippen LogP contribution in [-0.4, -0.2) is 63.1 Å². The molecule has 0 spiro atoms. The van der Waals surface area contributed by atoms with E-state index in [1.165, 1.54) is 0 Å². The summed E-state index contributed by atoms with van der Waals surface area (Å²) in [5, 5.41) is 31.3. The molecule has 1 heterocycles. The fraction of sp³-hybridized carbons (Fsp3) is 0.792. The van der Waals surface area contributed by atoms with Crippen LogP contribution in [0.3, 0.4) is 0 Å². The van der Waals surface area contributed by atoms with Crippen LogP contribution in [-0.2, 0) is 14.3 Å². The number of aliphatic hydroxyl groups excluding tert-OH is 3. The summed E-state index contributed by atoms with van der Waals surface area (Å²) < 4.78 is 29.6. The van der Waals surface area contributed by atoms with Gasteiger partial charge in [0.1, 0.15) is 6.61 Å². The van der Waals surface area contributed by atoms with Gasteiger partial charge in [0.05, 0.1) is 18.3 Å². The second kappa shape index (κ2) is 6.26. The van der Waals surface area contributed by atoms with Gasteiger partial charge in [0.15, 0.2) is 22.8 Å². The Hall–Kier alpha value is -1.12. The number of aliphatic hydroxyl groups is 3. The molecule has 1 saturated heterocycles. The van der Waals surface area contributed by atoms with E-state index in [1.807, 2.05) is 6.92 Å². The molecule has 2 unspecified atom stereocenters. The number of alkyl halides is 1. The summed E-state index contributed by atoms with van der Waals surface area (Å²) in [7, 11) is 0. The van der Waals surface area contributed by atoms with Crippen molar-refractivity contribution in [3.63, 3.8) is 0 Å². The van der Waals surface area contributed by atoms with E-state index in [-0.39, 0.29) is 12.3 Å². The SMILES string of the molecule is CC1(C)O[C@@H]2C[C@H]3[C@@H]4CCC5=CC(O)C=C[C@]5(C)C4(F)[C@@H](O)C[C@]3(C)[C@]2(C(=O)CO)O1. The zero-order valence-corrected chi connectivity index (χ0v) is 18.6. The molecule has 0 aromatic rings. The molecule has 0 aromatic carbocycles. The van der Waals surface area contributed by atoms with Crippen molar-refractivity contribution in [3.8, 4) is 0 Å². The number of fused-ring (bicyclic) bond motifs is 7. The van der Waals surface area contributed by atoms with Crippen LogP contribution in [0.25, 0.3) is 0 Å². The van der Waals surface area contributed by atoms with Gasteiger partial charge < -0.3 is 24.8 Å². The summed E-state index contributed by atoms with van der Waals surface area (Å²) in [5.74, 6) is -2.23. The molecule has 5 rings (SSSR count). The van der Waals surface area contributed by atoms with Crippen molar-refractivity contribution in [1.82, 2.24) is 0 Å². The van der Waals surface area contributed by atoms with E-state index in [1.54, 1.807) is 39.0 Å². The maximum absolute atomic E-state index is 17.2. The van der Waals surface area contributed by atoms with Crippen molar-refractivity contribution in [2.45, 2.75) is 88.7 Å². The first-order valence-corrected chi connectivity index (χ1v) is 11.3. The molecule has 7 heteroatoms. The molecule has 0 bridgehead atoms. The Labute approximate surface area is 182 Å². The average Bonchev–Trinajstić information content (AvgIpc) is 3.09. The van der Waals surface area contributed by atoms with Gasteiger partial charge in [-0.3, -0.25) is 4.79 Å². The van der Waals surface area contributed by atoms with Gasteiger partial charge in [-0.15, -0.1) is 0 Å². The molecule has 172 valence electrons. The van der Waals surface area contributed by atoms with Gasteiger partial charge in [-0.25, -0.2) is 4.39 Å². The van der Waals surface area contributed by atoms with E-state index in [0.717, 1.165) is 5.57 Å². The number of carbonyl (C=O) groups is 1. The molecule has 4 aliphatic carbocycles. The molecule has 9 atom stereocenters. The van der Waals surface area contributed by atoms with E-state index >= 15 is 4.39 Å². The number of Topliss-reactive ketones (excluding diaryl/α,β-unsaturated/α-hetero) is 1. The topological polar surface area (TPSA) is 96.2 Å². The molecule has 0 amide bonds. The number of ketones is 1. The predicted octanol–water partition coefficient (Wildman–Crippen LogP) is 2.21. The van der Waals surface area contributed by atoms with Gasteiger partial charge in [-0.05, 0) is 52.4 Å². The van der Waals surface area contributed by atoms with Crippen LogP contribution in [0.1, 0.15) is 53.4 Å². The van der Waals surface area contributed by atoms with Crippen LogP contribution in [0.5, 0.6) is 0 Å². The smallest absolute Gasteiger partial charge is 0.193 e. The van der Waals surface area contributed by atoms with Gasteiger partial charge in [0, 0.05) is 16.7 Å². The summed E-state index contributed by atoms with van der Waals surface area (Å²) in [5.41, 5.74) is -4.43. The highest BCUT2D eigenvalue weighted by Gasteiger charge is 2.79. The third-order valence-electron chi connectivity index (χ3n) is 9.29. The zero-order valence-electron chi connectivity index (χ0n) is 18.6. The Kier molecular flexibility index (Phi) is 4.38. The Bertz CT molecular complexity index is 883. The van der Waals surface area contributed by atoms with Gasteiger partial charge in [0.2, 0.25) is 0 Å². The molecule has 0 aromatic heterocycles. The third-order valence-corrected chi connectivity index (χ3v) is 9.29. The summed E-state index contributed by atoms with van der Waals surface area (Å²) in [6.45, 7) is 6.50. The van der Waals surface area contributed by atoms with Crippen LogP contribution in [0.4, 0.5) is 4.39 Å². The molecule has 5 aliphatic rings. The van der Waals surface area contributed by atoms with Gasteiger partial charge in [-0.2, -0.15) is 0 Å². The van der Waals surface area contributed by atoms with E-state index in [0.29, 0.717) is 19.3 Å². The van der Waals surface area contributed by atoms with Crippen LogP contribution in [0.15, 0.2) is 23.8 Å². The van der Waals surface area contributed by atoms with Gasteiger partial charge in [-0.1, -0.05) is 30.7 Å². The Morgan fingerprint density at radius 1 is 1.23 bits per heavy atom. The lowest BCUT2D eigenvalue weighted by atomic mass is 9.44. The zero-order chi connectivity index (χ0) is 22.6. The predicted molar refractivity (Wildman–Crippen MR) is 110 cm³/mol. The van der Waals surface area contributed by atoms with Crippen LogP contribution in [0, 0.1) is 22.7 Å². The molecule has 0 radical (unpaired) electrons. The molecular weight excluding hydrogens is 403 g/mol. The summed E-state index contributed by atoms with van der Waals surface area (Å²) >= 11 is 0. The molecule has 1 aliphatic heterocycles. The first kappa shape index (κ1) is 21.7. The number of allylic oxidation sites excluding steroid dienone is 2. The maximum Gasteiger partial charge on any atom is 0.193 e. The van der Waals surface area contributed by atoms with Gasteiger partial charge in [0.25, 0.3) is 0 Å². The van der Waals surface area contributed by atoms with E-state index in [2.05, 4.69) is 0 Å². The fourth-order valence-corrected chi connectivity index (χ4v) is 8.04. The lowest BCUT2D eigenvalue weighted by molar-refractivity contribution is -0.246. The molecule has 4 fully saturated rings. The molecule has 3 N–H and O–H groups in total. The lowest BCUT2D eigenvalue weighted by Gasteiger charge is -2.63. The normalized spacial score (nSPS) is 54.5. The van der Waals surface area contributed by atoms with Gasteiger partial charge >= 0.3 is 0 Å².